The Bertz CT molecular complexity index is 453. The number of rotatable bonds is 10. The lowest BCUT2D eigenvalue weighted by Crippen LogP contribution is -2.48. The van der Waals surface area contributed by atoms with E-state index in [1.54, 1.807) is 7.11 Å². The van der Waals surface area contributed by atoms with Crippen LogP contribution in [0.15, 0.2) is 4.99 Å². The minimum Gasteiger partial charge on any atom is -0.387 e. The van der Waals surface area contributed by atoms with E-state index in [1.165, 1.54) is 12.8 Å². The first-order valence-electron chi connectivity index (χ1n) is 10.8. The third-order valence-corrected chi connectivity index (χ3v) is 5.47. The second-order valence-electron chi connectivity index (χ2n) is 8.24. The summed E-state index contributed by atoms with van der Waals surface area (Å²) in [5.41, 5.74) is -0.841. The zero-order chi connectivity index (χ0) is 20.2. The van der Waals surface area contributed by atoms with Gasteiger partial charge >= 0.3 is 0 Å². The Morgan fingerprint density at radius 1 is 1.17 bits per heavy atom. The van der Waals surface area contributed by atoms with Crippen molar-refractivity contribution in [3.63, 3.8) is 0 Å². The molecule has 0 radical (unpaired) electrons. The Morgan fingerprint density at radius 2 is 1.86 bits per heavy atom. The molecule has 2 saturated heterocycles. The number of nitrogens with zero attached hydrogens (tertiary/aromatic N) is 3. The molecule has 2 rings (SSSR count). The normalized spacial score (nSPS) is 22.0. The number of likely N-dealkylation sites (tertiary alicyclic amines) is 1. The molecule has 0 aromatic rings. The summed E-state index contributed by atoms with van der Waals surface area (Å²) in [6, 6.07) is 0. The van der Waals surface area contributed by atoms with Crippen LogP contribution >= 0.6 is 24.0 Å². The van der Waals surface area contributed by atoms with E-state index in [4.69, 9.17) is 9.47 Å². The summed E-state index contributed by atoms with van der Waals surface area (Å²) < 4.78 is 10.6. The summed E-state index contributed by atoms with van der Waals surface area (Å²) in [5.74, 6) is 1.46. The number of piperidine rings is 1. The zero-order valence-electron chi connectivity index (χ0n) is 18.5. The third-order valence-electron chi connectivity index (χ3n) is 5.47. The predicted octanol–water partition coefficient (Wildman–Crippen LogP) is 0.601. The smallest absolute Gasteiger partial charge is 0.191 e. The summed E-state index contributed by atoms with van der Waals surface area (Å²) in [4.78, 5) is 9.37. The molecule has 0 aromatic carbocycles. The molecular formula is C20H42IN5O3. The lowest BCUT2D eigenvalue weighted by atomic mass is 9.97. The van der Waals surface area contributed by atoms with Gasteiger partial charge in [0, 0.05) is 46.4 Å². The minimum atomic E-state index is -0.841. The van der Waals surface area contributed by atoms with Gasteiger partial charge in [0.1, 0.15) is 0 Å². The highest BCUT2D eigenvalue weighted by Gasteiger charge is 2.25. The molecule has 2 heterocycles. The molecule has 29 heavy (non-hydrogen) atoms. The molecule has 1 atom stereocenters. The Balaban J connectivity index is 0.00000420. The summed E-state index contributed by atoms with van der Waals surface area (Å²) in [7, 11) is 1.76. The summed E-state index contributed by atoms with van der Waals surface area (Å²) in [5, 5.41) is 17.5. The molecule has 1 unspecified atom stereocenters. The van der Waals surface area contributed by atoms with Gasteiger partial charge in [0.15, 0.2) is 5.96 Å². The molecule has 2 aliphatic rings. The molecule has 172 valence electrons. The number of ether oxygens (including phenoxy) is 2. The van der Waals surface area contributed by atoms with Gasteiger partial charge in [0.05, 0.1) is 32.0 Å². The van der Waals surface area contributed by atoms with Gasteiger partial charge in [0.25, 0.3) is 0 Å². The molecule has 2 aliphatic heterocycles. The molecule has 3 N–H and O–H groups in total. The fourth-order valence-electron chi connectivity index (χ4n) is 3.76. The second-order valence-corrected chi connectivity index (χ2v) is 8.24. The van der Waals surface area contributed by atoms with Crippen LogP contribution in [-0.2, 0) is 9.47 Å². The number of hydrogen-bond donors (Lipinski definition) is 3. The van der Waals surface area contributed by atoms with Gasteiger partial charge in [-0.25, -0.2) is 0 Å². The number of nitrogens with one attached hydrogen (secondary N) is 2. The number of hydrogen-bond acceptors (Lipinski definition) is 6. The number of aliphatic hydroxyl groups is 1. The van der Waals surface area contributed by atoms with E-state index in [0.717, 1.165) is 71.6 Å². The topological polar surface area (TPSA) is 81.6 Å². The predicted molar refractivity (Wildman–Crippen MR) is 128 cm³/mol. The van der Waals surface area contributed by atoms with Crippen molar-refractivity contribution in [2.75, 3.05) is 85.8 Å². The van der Waals surface area contributed by atoms with Crippen LogP contribution in [0.2, 0.25) is 0 Å². The highest BCUT2D eigenvalue weighted by atomic mass is 127. The lowest BCUT2D eigenvalue weighted by molar-refractivity contribution is -0.0180. The van der Waals surface area contributed by atoms with Crippen LogP contribution in [-0.4, -0.2) is 112 Å². The Hall–Kier alpha value is -0.200. The van der Waals surface area contributed by atoms with Crippen LogP contribution in [0, 0.1) is 5.92 Å². The number of aliphatic imine (C=N–C) groups is 1. The summed E-state index contributed by atoms with van der Waals surface area (Å²) in [6.07, 6.45) is 2.40. The van der Waals surface area contributed by atoms with E-state index in [-0.39, 0.29) is 24.0 Å². The Morgan fingerprint density at radius 3 is 2.48 bits per heavy atom. The van der Waals surface area contributed by atoms with E-state index in [1.807, 2.05) is 6.92 Å². The average Bonchev–Trinajstić information content (AvgIpc) is 2.70. The number of halogens is 1. The quantitative estimate of drug-likeness (QED) is 0.218. The lowest BCUT2D eigenvalue weighted by Gasteiger charge is -2.33. The monoisotopic (exact) mass is 527 g/mol. The highest BCUT2D eigenvalue weighted by Crippen LogP contribution is 2.16. The number of methoxy groups -OCH3 is 1. The van der Waals surface area contributed by atoms with Gasteiger partial charge < -0.3 is 30.1 Å². The first-order chi connectivity index (χ1) is 13.5. The number of guanidine groups is 1. The van der Waals surface area contributed by atoms with E-state index in [9.17, 15) is 5.11 Å². The number of morpholine rings is 1. The Kier molecular flexibility index (Phi) is 13.6. The molecule has 0 aliphatic carbocycles. The molecule has 0 saturated carbocycles. The van der Waals surface area contributed by atoms with Crippen molar-refractivity contribution in [2.24, 2.45) is 10.9 Å². The maximum atomic E-state index is 10.7. The molecule has 8 nitrogen and oxygen atoms in total. The minimum absolute atomic E-state index is 0. The Labute approximate surface area is 193 Å². The summed E-state index contributed by atoms with van der Waals surface area (Å²) >= 11 is 0. The molecule has 0 bridgehead atoms. The maximum absolute atomic E-state index is 10.7. The van der Waals surface area contributed by atoms with E-state index < -0.39 is 5.60 Å². The van der Waals surface area contributed by atoms with Crippen LogP contribution in [0.3, 0.4) is 0 Å². The van der Waals surface area contributed by atoms with Crippen LogP contribution in [0.4, 0.5) is 0 Å². The van der Waals surface area contributed by atoms with Crippen molar-refractivity contribution in [1.82, 2.24) is 20.4 Å². The first-order valence-corrected chi connectivity index (χ1v) is 10.8. The SMILES string of the molecule is CCNC(=NCC(C)(O)CN1CCOCC1)NCC1CCN(CCOC)CC1.I. The van der Waals surface area contributed by atoms with Crippen molar-refractivity contribution >= 4 is 29.9 Å². The van der Waals surface area contributed by atoms with E-state index in [0.29, 0.717) is 19.0 Å². The van der Waals surface area contributed by atoms with Gasteiger partial charge in [-0.1, -0.05) is 0 Å². The van der Waals surface area contributed by atoms with Crippen molar-refractivity contribution < 1.29 is 14.6 Å². The van der Waals surface area contributed by atoms with Crippen molar-refractivity contribution in [1.29, 1.82) is 0 Å². The van der Waals surface area contributed by atoms with Crippen molar-refractivity contribution in [3.8, 4) is 0 Å². The van der Waals surface area contributed by atoms with Crippen molar-refractivity contribution in [2.45, 2.75) is 32.3 Å². The molecule has 2 fully saturated rings. The average molecular weight is 527 g/mol. The van der Waals surface area contributed by atoms with E-state index >= 15 is 0 Å². The maximum Gasteiger partial charge on any atom is 0.191 e. The van der Waals surface area contributed by atoms with Gasteiger partial charge in [-0.05, 0) is 45.7 Å². The highest BCUT2D eigenvalue weighted by molar-refractivity contribution is 14.0. The fraction of sp³-hybridized carbons (Fsp3) is 0.950. The third kappa shape index (κ3) is 11.1. The van der Waals surface area contributed by atoms with E-state index in [2.05, 4.69) is 32.3 Å². The van der Waals surface area contributed by atoms with Crippen LogP contribution in [0.25, 0.3) is 0 Å². The van der Waals surface area contributed by atoms with Crippen LogP contribution in [0.1, 0.15) is 26.7 Å². The van der Waals surface area contributed by atoms with Gasteiger partial charge in [-0.15, -0.1) is 24.0 Å². The van der Waals surface area contributed by atoms with Gasteiger partial charge in [0.2, 0.25) is 0 Å². The standard InChI is InChI=1S/C20H41N5O3.HI/c1-4-21-19(22-15-18-5-7-24(8-6-18)9-12-27-3)23-16-20(2,26)17-25-10-13-28-14-11-25;/h18,26H,4-17H2,1-3H3,(H2,21,22,23);1H. The van der Waals surface area contributed by atoms with Gasteiger partial charge in [-0.2, -0.15) is 0 Å². The fourth-order valence-corrected chi connectivity index (χ4v) is 3.76. The first kappa shape index (κ1) is 26.8. The molecule has 9 heteroatoms. The molecule has 0 spiro atoms. The van der Waals surface area contributed by atoms with Crippen molar-refractivity contribution in [3.05, 3.63) is 0 Å². The summed E-state index contributed by atoms with van der Waals surface area (Å²) in [6.45, 7) is 14.0. The molecule has 0 amide bonds. The molecule has 0 aromatic heterocycles. The largest absolute Gasteiger partial charge is 0.387 e. The molecular weight excluding hydrogens is 485 g/mol. The second kappa shape index (κ2) is 14.7. The van der Waals surface area contributed by atoms with Crippen LogP contribution < -0.4 is 10.6 Å². The zero-order valence-corrected chi connectivity index (χ0v) is 20.8. The van der Waals surface area contributed by atoms with Gasteiger partial charge in [-0.3, -0.25) is 9.89 Å². The van der Waals surface area contributed by atoms with Crippen LogP contribution in [0.5, 0.6) is 0 Å². The number of β-amino-alcohol motifs (C(OH)–C–C–N with tert-alkyl or cyclic N) is 1.